The van der Waals surface area contributed by atoms with E-state index in [-0.39, 0.29) is 12.4 Å². The zero-order chi connectivity index (χ0) is 13.8. The number of piperazine rings is 1. The second-order valence-corrected chi connectivity index (χ2v) is 4.67. The molecule has 1 aromatic carbocycles. The molecule has 1 aromatic rings. The molecule has 0 unspecified atom stereocenters. The monoisotopic (exact) mass is 300 g/mol. The summed E-state index contributed by atoms with van der Waals surface area (Å²) in [5.41, 5.74) is 6.81. The van der Waals surface area contributed by atoms with Crippen LogP contribution in [0.25, 0.3) is 0 Å². The summed E-state index contributed by atoms with van der Waals surface area (Å²) in [6, 6.07) is 4.96. The fourth-order valence-electron chi connectivity index (χ4n) is 2.20. The lowest BCUT2D eigenvalue weighted by molar-refractivity contribution is 0.259. The fourth-order valence-corrected chi connectivity index (χ4v) is 2.20. The van der Waals surface area contributed by atoms with Crippen LogP contribution in [0.2, 0.25) is 0 Å². The van der Waals surface area contributed by atoms with Gasteiger partial charge in [0.25, 0.3) is 0 Å². The molecule has 0 aromatic heterocycles. The topological polar surface area (TPSA) is 70.8 Å². The Bertz CT molecular complexity index is 462. The van der Waals surface area contributed by atoms with Gasteiger partial charge in [-0.15, -0.1) is 12.4 Å². The molecule has 6 nitrogen and oxygen atoms in total. The van der Waals surface area contributed by atoms with Crippen molar-refractivity contribution in [1.82, 2.24) is 4.90 Å². The summed E-state index contributed by atoms with van der Waals surface area (Å²) in [5, 5.41) is 2.59. The Morgan fingerprint density at radius 2 is 1.95 bits per heavy atom. The van der Waals surface area contributed by atoms with Crippen molar-refractivity contribution in [3.63, 3.8) is 0 Å². The molecule has 1 aliphatic heterocycles. The Hall–Kier alpha value is -1.66. The molecular weight excluding hydrogens is 280 g/mol. The highest BCUT2D eigenvalue weighted by Crippen LogP contribution is 2.31. The average Bonchev–Trinajstić information content (AvgIpc) is 2.39. The number of likely N-dealkylation sites (N-methyl/N-ethyl adjacent to an activating group) is 1. The summed E-state index contributed by atoms with van der Waals surface area (Å²) in [6.07, 6.45) is 0. The Morgan fingerprint density at radius 1 is 1.30 bits per heavy atom. The van der Waals surface area contributed by atoms with Crippen LogP contribution < -0.4 is 20.7 Å². The molecule has 7 heteroatoms. The van der Waals surface area contributed by atoms with Crippen molar-refractivity contribution in [1.29, 1.82) is 0 Å². The summed E-state index contributed by atoms with van der Waals surface area (Å²) in [5.74, 6) is 0.805. The van der Waals surface area contributed by atoms with Crippen LogP contribution in [0.4, 0.5) is 16.2 Å². The fraction of sp³-hybridized carbons (Fsp3) is 0.462. The minimum atomic E-state index is -0.561. The molecule has 0 aliphatic carbocycles. The van der Waals surface area contributed by atoms with Crippen molar-refractivity contribution in [3.8, 4) is 5.75 Å². The number of hydrogen-bond acceptors (Lipinski definition) is 4. The van der Waals surface area contributed by atoms with Crippen molar-refractivity contribution >= 4 is 29.8 Å². The first-order valence-corrected chi connectivity index (χ1v) is 6.28. The molecule has 0 atom stereocenters. The number of nitrogens with two attached hydrogens (primary N) is 1. The first kappa shape index (κ1) is 16.4. The maximum atomic E-state index is 10.9. The van der Waals surface area contributed by atoms with Crippen molar-refractivity contribution < 1.29 is 9.53 Å². The number of carbonyl (C=O) groups is 1. The molecule has 112 valence electrons. The molecule has 1 saturated heterocycles. The van der Waals surface area contributed by atoms with Crippen molar-refractivity contribution in [3.05, 3.63) is 18.2 Å². The van der Waals surface area contributed by atoms with Crippen molar-refractivity contribution in [2.75, 3.05) is 50.6 Å². The average molecular weight is 301 g/mol. The van der Waals surface area contributed by atoms with Gasteiger partial charge in [0, 0.05) is 31.9 Å². The standard InChI is InChI=1S/C13H20N4O2.ClH/c1-16-5-7-17(8-6-16)11-9-10(15-13(14)18)3-4-12(11)19-2;/h3-4,9H,5-8H2,1-2H3,(H3,14,15,18);1H. The molecule has 20 heavy (non-hydrogen) atoms. The highest BCUT2D eigenvalue weighted by Gasteiger charge is 2.18. The van der Waals surface area contributed by atoms with Crippen LogP contribution in [-0.4, -0.2) is 51.3 Å². The number of halogens is 1. The van der Waals surface area contributed by atoms with Gasteiger partial charge in [-0.3, -0.25) is 0 Å². The lowest BCUT2D eigenvalue weighted by Crippen LogP contribution is -2.44. The van der Waals surface area contributed by atoms with Gasteiger partial charge in [0.05, 0.1) is 12.8 Å². The lowest BCUT2D eigenvalue weighted by Gasteiger charge is -2.34. The molecular formula is C13H21ClN4O2. The van der Waals surface area contributed by atoms with Crippen LogP contribution in [0.5, 0.6) is 5.75 Å². The number of methoxy groups -OCH3 is 1. The van der Waals surface area contributed by atoms with E-state index in [1.54, 1.807) is 13.2 Å². The van der Waals surface area contributed by atoms with Crippen molar-refractivity contribution in [2.45, 2.75) is 0 Å². The van der Waals surface area contributed by atoms with E-state index in [4.69, 9.17) is 10.5 Å². The molecule has 1 heterocycles. The molecule has 2 amide bonds. The van der Waals surface area contributed by atoms with Gasteiger partial charge in [0.15, 0.2) is 0 Å². The number of anilines is 2. The zero-order valence-corrected chi connectivity index (χ0v) is 12.6. The molecule has 1 fully saturated rings. The quantitative estimate of drug-likeness (QED) is 0.884. The summed E-state index contributed by atoms with van der Waals surface area (Å²) < 4.78 is 5.39. The molecule has 3 N–H and O–H groups in total. The van der Waals surface area contributed by atoms with Gasteiger partial charge in [-0.05, 0) is 25.2 Å². The van der Waals surface area contributed by atoms with E-state index < -0.39 is 6.03 Å². The number of rotatable bonds is 3. The highest BCUT2D eigenvalue weighted by atomic mass is 35.5. The van der Waals surface area contributed by atoms with Gasteiger partial charge in [0.2, 0.25) is 0 Å². The maximum Gasteiger partial charge on any atom is 0.316 e. The third-order valence-corrected chi connectivity index (χ3v) is 3.29. The molecule has 2 rings (SSSR count). The molecule has 0 radical (unpaired) electrons. The van der Waals surface area contributed by atoms with E-state index >= 15 is 0 Å². The lowest BCUT2D eigenvalue weighted by atomic mass is 10.2. The van der Waals surface area contributed by atoms with Crippen LogP contribution in [0.15, 0.2) is 18.2 Å². The first-order chi connectivity index (χ1) is 9.10. The smallest absolute Gasteiger partial charge is 0.316 e. The predicted octanol–water partition coefficient (Wildman–Crippen LogP) is 1.36. The number of benzene rings is 1. The highest BCUT2D eigenvalue weighted by molar-refractivity contribution is 5.89. The van der Waals surface area contributed by atoms with Gasteiger partial charge in [-0.25, -0.2) is 4.79 Å². The van der Waals surface area contributed by atoms with E-state index in [1.165, 1.54) is 0 Å². The van der Waals surface area contributed by atoms with Crippen LogP contribution in [0.1, 0.15) is 0 Å². The summed E-state index contributed by atoms with van der Waals surface area (Å²) >= 11 is 0. The maximum absolute atomic E-state index is 10.9. The Balaban J connectivity index is 0.00000200. The summed E-state index contributed by atoms with van der Waals surface area (Å²) in [6.45, 7) is 3.90. The number of nitrogens with zero attached hydrogens (tertiary/aromatic N) is 2. The SMILES string of the molecule is COc1ccc(NC(N)=O)cc1N1CCN(C)CC1.Cl. The van der Waals surface area contributed by atoms with Gasteiger partial charge in [-0.1, -0.05) is 0 Å². The van der Waals surface area contributed by atoms with E-state index in [0.29, 0.717) is 5.69 Å². The normalized spacial score (nSPS) is 15.4. The number of amides is 2. The number of ether oxygens (including phenoxy) is 1. The van der Waals surface area contributed by atoms with Gasteiger partial charge in [0.1, 0.15) is 5.75 Å². The molecule has 0 bridgehead atoms. The molecule has 0 saturated carbocycles. The van der Waals surface area contributed by atoms with Crippen molar-refractivity contribution in [2.24, 2.45) is 5.73 Å². The minimum absolute atomic E-state index is 0. The number of urea groups is 1. The van der Waals surface area contributed by atoms with E-state index in [2.05, 4.69) is 22.2 Å². The van der Waals surface area contributed by atoms with Gasteiger partial charge in [-0.2, -0.15) is 0 Å². The number of primary amides is 1. The van der Waals surface area contributed by atoms with E-state index in [1.807, 2.05) is 12.1 Å². The Morgan fingerprint density at radius 3 is 2.50 bits per heavy atom. The van der Waals surface area contributed by atoms with Gasteiger partial charge < -0.3 is 25.6 Å². The minimum Gasteiger partial charge on any atom is -0.495 e. The second-order valence-electron chi connectivity index (χ2n) is 4.67. The predicted molar refractivity (Wildman–Crippen MR) is 83.2 cm³/mol. The first-order valence-electron chi connectivity index (χ1n) is 6.28. The van der Waals surface area contributed by atoms with E-state index in [0.717, 1.165) is 37.6 Å². The van der Waals surface area contributed by atoms with Crippen LogP contribution in [-0.2, 0) is 0 Å². The third kappa shape index (κ3) is 3.91. The Labute approximate surface area is 125 Å². The number of carbonyl (C=O) groups excluding carboxylic acids is 1. The van der Waals surface area contributed by atoms with Crippen LogP contribution >= 0.6 is 12.4 Å². The number of hydrogen-bond donors (Lipinski definition) is 2. The number of nitrogens with one attached hydrogen (secondary N) is 1. The Kier molecular flexibility index (Phi) is 5.91. The van der Waals surface area contributed by atoms with E-state index in [9.17, 15) is 4.79 Å². The zero-order valence-electron chi connectivity index (χ0n) is 11.8. The molecule has 0 spiro atoms. The largest absolute Gasteiger partial charge is 0.495 e. The second kappa shape index (κ2) is 7.21. The van der Waals surface area contributed by atoms with Gasteiger partial charge >= 0.3 is 6.03 Å². The summed E-state index contributed by atoms with van der Waals surface area (Å²) in [4.78, 5) is 15.5. The summed E-state index contributed by atoms with van der Waals surface area (Å²) in [7, 11) is 3.76. The van der Waals surface area contributed by atoms with Crippen LogP contribution in [0.3, 0.4) is 0 Å². The third-order valence-electron chi connectivity index (χ3n) is 3.29. The van der Waals surface area contributed by atoms with Crippen LogP contribution in [0, 0.1) is 0 Å². The molecule has 1 aliphatic rings.